The fourth-order valence-corrected chi connectivity index (χ4v) is 3.15. The smallest absolute Gasteiger partial charge is 0.266 e. The average molecular weight is 382 g/mol. The van der Waals surface area contributed by atoms with Crippen LogP contribution in [-0.4, -0.2) is 30.0 Å². The summed E-state index contributed by atoms with van der Waals surface area (Å²) in [6.07, 6.45) is 2.78. The second-order valence-corrected chi connectivity index (χ2v) is 7.08. The van der Waals surface area contributed by atoms with E-state index >= 15 is 0 Å². The Morgan fingerprint density at radius 1 is 1.33 bits per heavy atom. The van der Waals surface area contributed by atoms with E-state index in [1.54, 1.807) is 13.8 Å². The standard InChI is InChI=1S/C13H14BrF2NO3S/c1-3-4-9-17(12(18)13(14,15)16)21(19,20)11-7-5-10(2)6-8-11/h3-8H,9H2,1-2H3/b4-3+. The molecule has 21 heavy (non-hydrogen) atoms. The van der Waals surface area contributed by atoms with Crippen molar-refractivity contribution in [1.29, 1.82) is 0 Å². The van der Waals surface area contributed by atoms with Crippen molar-refractivity contribution in [2.45, 2.75) is 23.6 Å². The minimum absolute atomic E-state index is 0.145. The summed E-state index contributed by atoms with van der Waals surface area (Å²) in [5, 5.41) is 0. The van der Waals surface area contributed by atoms with Gasteiger partial charge in [-0.3, -0.25) is 4.79 Å². The van der Waals surface area contributed by atoms with Crippen molar-refractivity contribution < 1.29 is 22.0 Å². The molecule has 116 valence electrons. The number of aryl methyl sites for hydroxylation is 1. The third-order valence-corrected chi connectivity index (χ3v) is 4.69. The summed E-state index contributed by atoms with van der Waals surface area (Å²) in [6, 6.07) is 5.59. The highest BCUT2D eigenvalue weighted by Crippen LogP contribution is 2.28. The largest absolute Gasteiger partial charge is 0.379 e. The van der Waals surface area contributed by atoms with Gasteiger partial charge in [0.05, 0.1) is 11.4 Å². The molecule has 0 N–H and O–H groups in total. The number of allylic oxidation sites excluding steroid dienone is 1. The van der Waals surface area contributed by atoms with Crippen molar-refractivity contribution in [3.63, 3.8) is 0 Å². The molecule has 0 aliphatic carbocycles. The topological polar surface area (TPSA) is 54.5 Å². The minimum Gasteiger partial charge on any atom is -0.266 e. The molecule has 0 fully saturated rings. The number of carbonyl (C=O) groups excluding carboxylic acids is 1. The maximum absolute atomic E-state index is 13.1. The molecule has 0 spiro atoms. The summed E-state index contributed by atoms with van der Waals surface area (Å²) in [5.74, 6) is -1.83. The lowest BCUT2D eigenvalue weighted by Crippen LogP contribution is -2.44. The van der Waals surface area contributed by atoms with Gasteiger partial charge < -0.3 is 0 Å². The zero-order chi connectivity index (χ0) is 16.3. The molecule has 4 nitrogen and oxygen atoms in total. The minimum atomic E-state index is -4.35. The predicted octanol–water partition coefficient (Wildman–Crippen LogP) is 3.08. The Bertz CT molecular complexity index is 636. The molecule has 0 aliphatic rings. The molecule has 0 heterocycles. The fraction of sp³-hybridized carbons (Fsp3) is 0.308. The van der Waals surface area contributed by atoms with Crippen LogP contribution < -0.4 is 0 Å². The Balaban J connectivity index is 3.30. The molecular formula is C13H14BrF2NO3S. The summed E-state index contributed by atoms with van der Waals surface area (Å²) in [6.45, 7) is 2.88. The van der Waals surface area contributed by atoms with Crippen molar-refractivity contribution in [2.75, 3.05) is 6.54 Å². The number of carbonyl (C=O) groups is 1. The van der Waals surface area contributed by atoms with Crippen LogP contribution in [0.4, 0.5) is 8.78 Å². The monoisotopic (exact) mass is 381 g/mol. The maximum atomic E-state index is 13.1. The van der Waals surface area contributed by atoms with Gasteiger partial charge in [0, 0.05) is 15.9 Å². The molecule has 1 aromatic carbocycles. The molecule has 1 aromatic rings. The van der Waals surface area contributed by atoms with Crippen LogP contribution in [-0.2, 0) is 14.8 Å². The number of hydrogen-bond donors (Lipinski definition) is 0. The highest BCUT2D eigenvalue weighted by molar-refractivity contribution is 9.10. The lowest BCUT2D eigenvalue weighted by Gasteiger charge is -2.23. The van der Waals surface area contributed by atoms with Crippen LogP contribution in [0.3, 0.4) is 0 Å². The van der Waals surface area contributed by atoms with E-state index in [2.05, 4.69) is 0 Å². The molecule has 1 rings (SSSR count). The first-order chi connectivity index (χ1) is 9.60. The molecule has 0 aromatic heterocycles. The average Bonchev–Trinajstić information content (AvgIpc) is 2.38. The lowest BCUT2D eigenvalue weighted by atomic mass is 10.2. The number of nitrogens with zero attached hydrogens (tertiary/aromatic N) is 1. The van der Waals surface area contributed by atoms with Crippen LogP contribution in [0.2, 0.25) is 0 Å². The summed E-state index contributed by atoms with van der Waals surface area (Å²) in [5.41, 5.74) is 0.811. The Labute approximate surface area is 130 Å². The zero-order valence-electron chi connectivity index (χ0n) is 11.4. The van der Waals surface area contributed by atoms with E-state index in [1.807, 2.05) is 15.9 Å². The zero-order valence-corrected chi connectivity index (χ0v) is 13.8. The van der Waals surface area contributed by atoms with Crippen molar-refractivity contribution in [1.82, 2.24) is 4.31 Å². The molecule has 0 aliphatic heterocycles. The second kappa shape index (κ2) is 6.65. The summed E-state index contributed by atoms with van der Waals surface area (Å²) < 4.78 is 51.1. The van der Waals surface area contributed by atoms with E-state index < -0.39 is 27.3 Å². The Kier molecular flexibility index (Phi) is 5.63. The van der Waals surface area contributed by atoms with Gasteiger partial charge in [-0.25, -0.2) is 12.7 Å². The Morgan fingerprint density at radius 2 is 1.86 bits per heavy atom. The van der Waals surface area contributed by atoms with Gasteiger partial charge in [-0.2, -0.15) is 8.78 Å². The van der Waals surface area contributed by atoms with Gasteiger partial charge in [-0.05, 0) is 26.0 Å². The van der Waals surface area contributed by atoms with Crippen LogP contribution in [0.15, 0.2) is 41.3 Å². The molecule has 8 heteroatoms. The van der Waals surface area contributed by atoms with Crippen LogP contribution >= 0.6 is 15.9 Å². The van der Waals surface area contributed by atoms with E-state index in [1.165, 1.54) is 36.4 Å². The summed E-state index contributed by atoms with van der Waals surface area (Å²) in [4.78, 5) is 7.50. The first-order valence-corrected chi connectivity index (χ1v) is 8.15. The third kappa shape index (κ3) is 4.34. The number of benzene rings is 1. The third-order valence-electron chi connectivity index (χ3n) is 2.58. The molecule has 0 radical (unpaired) electrons. The van der Waals surface area contributed by atoms with E-state index in [0.29, 0.717) is 0 Å². The molecule has 0 saturated heterocycles. The fourth-order valence-electron chi connectivity index (χ4n) is 1.47. The van der Waals surface area contributed by atoms with E-state index in [0.717, 1.165) is 5.56 Å². The number of hydrogen-bond acceptors (Lipinski definition) is 3. The summed E-state index contributed by atoms with van der Waals surface area (Å²) >= 11 is 1.90. The Hall–Kier alpha value is -1.28. The van der Waals surface area contributed by atoms with Gasteiger partial charge in [-0.1, -0.05) is 29.8 Å². The van der Waals surface area contributed by atoms with Crippen LogP contribution in [0, 0.1) is 6.92 Å². The number of sulfonamides is 1. The van der Waals surface area contributed by atoms with Gasteiger partial charge in [0.15, 0.2) is 0 Å². The van der Waals surface area contributed by atoms with Crippen molar-refractivity contribution in [3.8, 4) is 0 Å². The molecule has 0 unspecified atom stereocenters. The Morgan fingerprint density at radius 3 is 2.29 bits per heavy atom. The number of amides is 1. The van der Waals surface area contributed by atoms with Crippen molar-refractivity contribution in [2.24, 2.45) is 0 Å². The molecule has 0 bridgehead atoms. The first-order valence-electron chi connectivity index (χ1n) is 5.92. The molecular weight excluding hydrogens is 368 g/mol. The normalized spacial score (nSPS) is 12.6. The van der Waals surface area contributed by atoms with E-state index in [-0.39, 0.29) is 9.20 Å². The highest BCUT2D eigenvalue weighted by atomic mass is 79.9. The van der Waals surface area contributed by atoms with Gasteiger partial charge in [0.25, 0.3) is 10.0 Å². The van der Waals surface area contributed by atoms with Gasteiger partial charge in [-0.15, -0.1) is 0 Å². The molecule has 0 atom stereocenters. The van der Waals surface area contributed by atoms with Crippen LogP contribution in [0.1, 0.15) is 12.5 Å². The van der Waals surface area contributed by atoms with Crippen molar-refractivity contribution in [3.05, 3.63) is 42.0 Å². The quantitative estimate of drug-likeness (QED) is 0.581. The van der Waals surface area contributed by atoms with E-state index in [9.17, 15) is 22.0 Å². The van der Waals surface area contributed by atoms with Crippen LogP contribution in [0.25, 0.3) is 0 Å². The van der Waals surface area contributed by atoms with Crippen LogP contribution in [0.5, 0.6) is 0 Å². The highest BCUT2D eigenvalue weighted by Gasteiger charge is 2.43. The SMILES string of the molecule is C/C=C/CN(C(=O)C(F)(F)Br)S(=O)(=O)c1ccc(C)cc1. The number of rotatable bonds is 5. The first kappa shape index (κ1) is 17.8. The number of halogens is 3. The second-order valence-electron chi connectivity index (χ2n) is 4.22. The van der Waals surface area contributed by atoms with Gasteiger partial charge in [0.1, 0.15) is 0 Å². The maximum Gasteiger partial charge on any atom is 0.379 e. The molecule has 0 saturated carbocycles. The molecule has 1 amide bonds. The lowest BCUT2D eigenvalue weighted by molar-refractivity contribution is -0.139. The van der Waals surface area contributed by atoms with Gasteiger partial charge in [0.2, 0.25) is 0 Å². The van der Waals surface area contributed by atoms with E-state index in [4.69, 9.17) is 0 Å². The predicted molar refractivity (Wildman–Crippen MR) is 78.8 cm³/mol. The van der Waals surface area contributed by atoms with Gasteiger partial charge >= 0.3 is 10.7 Å². The summed E-state index contributed by atoms with van der Waals surface area (Å²) in [7, 11) is -4.35. The number of alkyl halides is 3. The van der Waals surface area contributed by atoms with Crippen molar-refractivity contribution >= 4 is 31.9 Å².